The van der Waals surface area contributed by atoms with E-state index in [1.165, 1.54) is 10.5 Å². The van der Waals surface area contributed by atoms with Gasteiger partial charge in [0, 0.05) is 25.7 Å². The van der Waals surface area contributed by atoms with E-state index in [-0.39, 0.29) is 18.0 Å². The minimum atomic E-state index is -0.684. The Kier molecular flexibility index (Phi) is 3.67. The molecule has 2 aliphatic rings. The van der Waals surface area contributed by atoms with E-state index in [0.29, 0.717) is 13.0 Å². The first kappa shape index (κ1) is 14.1. The summed E-state index contributed by atoms with van der Waals surface area (Å²) in [5, 5.41) is 2.90. The molecule has 0 bridgehead atoms. The number of likely N-dealkylation sites (tertiary alicyclic amines) is 1. The Labute approximate surface area is 114 Å². The summed E-state index contributed by atoms with van der Waals surface area (Å²) in [6.07, 6.45) is 2.86. The summed E-state index contributed by atoms with van der Waals surface area (Å²) in [5.41, 5.74) is 0.586. The highest BCUT2D eigenvalue weighted by Crippen LogP contribution is 2.29. The first-order valence-electron chi connectivity index (χ1n) is 6.87. The predicted molar refractivity (Wildman–Crippen MR) is 73.7 cm³/mol. The SMILES string of the molecule is CC(C)=CCN1CCC2(C1)NC(=O)N(C(C)C)C2=O. The molecule has 2 aliphatic heterocycles. The number of carbonyl (C=O) groups excluding carboxylic acids is 2. The van der Waals surface area contributed by atoms with Crippen LogP contribution in [0.3, 0.4) is 0 Å². The molecule has 0 aliphatic carbocycles. The van der Waals surface area contributed by atoms with Crippen molar-refractivity contribution in [3.63, 3.8) is 0 Å². The van der Waals surface area contributed by atoms with Crippen molar-refractivity contribution in [1.29, 1.82) is 0 Å². The van der Waals surface area contributed by atoms with Crippen LogP contribution in [0, 0.1) is 0 Å². The first-order chi connectivity index (χ1) is 8.85. The van der Waals surface area contributed by atoms with E-state index < -0.39 is 5.54 Å². The van der Waals surface area contributed by atoms with E-state index in [0.717, 1.165) is 13.1 Å². The second-order valence-electron chi connectivity index (χ2n) is 6.05. The second-order valence-corrected chi connectivity index (χ2v) is 6.05. The van der Waals surface area contributed by atoms with Crippen LogP contribution in [-0.2, 0) is 4.79 Å². The summed E-state index contributed by atoms with van der Waals surface area (Å²) in [5.74, 6) is -0.0628. The Hall–Kier alpha value is -1.36. The van der Waals surface area contributed by atoms with E-state index in [1.807, 2.05) is 13.8 Å². The summed E-state index contributed by atoms with van der Waals surface area (Å²) in [4.78, 5) is 28.0. The quantitative estimate of drug-likeness (QED) is 0.619. The number of nitrogens with zero attached hydrogens (tertiary/aromatic N) is 2. The third kappa shape index (κ3) is 2.52. The molecule has 2 heterocycles. The number of hydrogen-bond donors (Lipinski definition) is 1. The van der Waals surface area contributed by atoms with Gasteiger partial charge in [0.25, 0.3) is 5.91 Å². The highest BCUT2D eigenvalue weighted by Gasteiger charge is 2.54. The molecule has 5 nitrogen and oxygen atoms in total. The van der Waals surface area contributed by atoms with Crippen molar-refractivity contribution in [3.05, 3.63) is 11.6 Å². The van der Waals surface area contributed by atoms with Crippen LogP contribution in [0.25, 0.3) is 0 Å². The summed E-state index contributed by atoms with van der Waals surface area (Å²) in [6.45, 7) is 10.2. The van der Waals surface area contributed by atoms with Gasteiger partial charge in [-0.3, -0.25) is 14.6 Å². The maximum absolute atomic E-state index is 12.5. The van der Waals surface area contributed by atoms with Crippen molar-refractivity contribution in [2.24, 2.45) is 0 Å². The van der Waals surface area contributed by atoms with Gasteiger partial charge in [0.1, 0.15) is 5.54 Å². The molecule has 106 valence electrons. The van der Waals surface area contributed by atoms with E-state index >= 15 is 0 Å². The van der Waals surface area contributed by atoms with Crippen LogP contribution < -0.4 is 5.32 Å². The lowest BCUT2D eigenvalue weighted by Crippen LogP contribution is -2.49. The topological polar surface area (TPSA) is 52.7 Å². The van der Waals surface area contributed by atoms with Crippen LogP contribution in [0.1, 0.15) is 34.1 Å². The van der Waals surface area contributed by atoms with Crippen molar-refractivity contribution >= 4 is 11.9 Å². The number of allylic oxidation sites excluding steroid dienone is 1. The smallest absolute Gasteiger partial charge is 0.322 e. The molecule has 5 heteroatoms. The Balaban J connectivity index is 2.08. The lowest BCUT2D eigenvalue weighted by molar-refractivity contribution is -0.132. The second kappa shape index (κ2) is 4.96. The van der Waals surface area contributed by atoms with Gasteiger partial charge in [-0.25, -0.2) is 4.79 Å². The molecule has 19 heavy (non-hydrogen) atoms. The van der Waals surface area contributed by atoms with Gasteiger partial charge in [-0.05, 0) is 34.1 Å². The first-order valence-corrected chi connectivity index (χ1v) is 6.87. The number of imide groups is 1. The van der Waals surface area contributed by atoms with Crippen LogP contribution in [0.4, 0.5) is 4.79 Å². The maximum Gasteiger partial charge on any atom is 0.325 e. The van der Waals surface area contributed by atoms with Gasteiger partial charge < -0.3 is 5.32 Å². The standard InChI is InChI=1S/C14H23N3O2/c1-10(2)5-7-16-8-6-14(9-16)12(18)17(11(3)4)13(19)15-14/h5,11H,6-9H2,1-4H3,(H,15,19). The lowest BCUT2D eigenvalue weighted by atomic mass is 9.98. The monoisotopic (exact) mass is 265 g/mol. The molecule has 1 N–H and O–H groups in total. The molecule has 1 atom stereocenters. The molecule has 3 amide bonds. The zero-order valence-electron chi connectivity index (χ0n) is 12.2. The molecular formula is C14H23N3O2. The van der Waals surface area contributed by atoms with E-state index in [9.17, 15) is 9.59 Å². The molecule has 0 aromatic heterocycles. The molecular weight excluding hydrogens is 242 g/mol. The maximum atomic E-state index is 12.5. The molecule has 0 aromatic rings. The van der Waals surface area contributed by atoms with Crippen LogP contribution in [-0.4, -0.2) is 53.0 Å². The molecule has 1 unspecified atom stereocenters. The van der Waals surface area contributed by atoms with E-state index in [2.05, 4.69) is 30.1 Å². The minimum Gasteiger partial charge on any atom is -0.322 e. The summed E-state index contributed by atoms with van der Waals surface area (Å²) >= 11 is 0. The van der Waals surface area contributed by atoms with Gasteiger partial charge in [0.2, 0.25) is 0 Å². The Morgan fingerprint density at radius 2 is 2.11 bits per heavy atom. The average Bonchev–Trinajstić information content (AvgIpc) is 2.80. The third-order valence-electron chi connectivity index (χ3n) is 3.82. The molecule has 2 rings (SSSR count). The summed E-state index contributed by atoms with van der Waals surface area (Å²) in [6, 6.07) is -0.331. The lowest BCUT2D eigenvalue weighted by Gasteiger charge is -2.22. The largest absolute Gasteiger partial charge is 0.325 e. The molecule has 2 saturated heterocycles. The molecule has 2 fully saturated rings. The number of rotatable bonds is 3. The van der Waals surface area contributed by atoms with Crippen LogP contribution in [0.5, 0.6) is 0 Å². The Bertz CT molecular complexity index is 426. The molecule has 0 saturated carbocycles. The normalized spacial score (nSPS) is 27.5. The Morgan fingerprint density at radius 1 is 1.42 bits per heavy atom. The van der Waals surface area contributed by atoms with E-state index in [1.54, 1.807) is 0 Å². The van der Waals surface area contributed by atoms with Crippen LogP contribution >= 0.6 is 0 Å². The predicted octanol–water partition coefficient (Wildman–Crippen LogP) is 1.36. The zero-order valence-corrected chi connectivity index (χ0v) is 12.2. The van der Waals surface area contributed by atoms with E-state index in [4.69, 9.17) is 0 Å². The molecule has 1 spiro atoms. The fraction of sp³-hybridized carbons (Fsp3) is 0.714. The number of amides is 3. The van der Waals surface area contributed by atoms with Gasteiger partial charge in [0.15, 0.2) is 0 Å². The van der Waals surface area contributed by atoms with Gasteiger partial charge >= 0.3 is 6.03 Å². The summed E-state index contributed by atoms with van der Waals surface area (Å²) < 4.78 is 0. The van der Waals surface area contributed by atoms with Crippen molar-refractivity contribution in [2.75, 3.05) is 19.6 Å². The van der Waals surface area contributed by atoms with Crippen LogP contribution in [0.15, 0.2) is 11.6 Å². The van der Waals surface area contributed by atoms with Crippen molar-refractivity contribution in [2.45, 2.75) is 45.7 Å². The zero-order chi connectivity index (χ0) is 14.2. The highest BCUT2D eigenvalue weighted by molar-refractivity contribution is 6.07. The Morgan fingerprint density at radius 3 is 2.63 bits per heavy atom. The van der Waals surface area contributed by atoms with Gasteiger partial charge in [-0.2, -0.15) is 0 Å². The fourth-order valence-electron chi connectivity index (χ4n) is 2.74. The van der Waals surface area contributed by atoms with Crippen LogP contribution in [0.2, 0.25) is 0 Å². The van der Waals surface area contributed by atoms with Crippen molar-refractivity contribution in [1.82, 2.24) is 15.1 Å². The van der Waals surface area contributed by atoms with Crippen molar-refractivity contribution in [3.8, 4) is 0 Å². The third-order valence-corrected chi connectivity index (χ3v) is 3.82. The number of nitrogens with one attached hydrogen (secondary N) is 1. The average molecular weight is 265 g/mol. The highest BCUT2D eigenvalue weighted by atomic mass is 16.2. The molecule has 0 aromatic carbocycles. The van der Waals surface area contributed by atoms with Crippen molar-refractivity contribution < 1.29 is 9.59 Å². The van der Waals surface area contributed by atoms with Gasteiger partial charge in [0.05, 0.1) is 0 Å². The minimum absolute atomic E-state index is 0.0628. The number of urea groups is 1. The van der Waals surface area contributed by atoms with Gasteiger partial charge in [-0.15, -0.1) is 0 Å². The fourth-order valence-corrected chi connectivity index (χ4v) is 2.74. The molecule has 0 radical (unpaired) electrons. The van der Waals surface area contributed by atoms with Gasteiger partial charge in [-0.1, -0.05) is 11.6 Å². The number of carbonyl (C=O) groups is 2. The summed E-state index contributed by atoms with van der Waals surface area (Å²) in [7, 11) is 0. The number of hydrogen-bond acceptors (Lipinski definition) is 3.